The third-order valence-corrected chi connectivity index (χ3v) is 4.74. The SMILES string of the molecule is O=C(NCc1cccc(C(F)(F)F)c1)c1cc(-c2ccccc2)nc2ccccc12. The maximum Gasteiger partial charge on any atom is 0.416 e. The predicted molar refractivity (Wildman–Crippen MR) is 110 cm³/mol. The molecule has 150 valence electrons. The molecule has 0 fully saturated rings. The molecule has 0 bridgehead atoms. The van der Waals surface area contributed by atoms with E-state index in [9.17, 15) is 18.0 Å². The summed E-state index contributed by atoms with van der Waals surface area (Å²) < 4.78 is 38.8. The number of hydrogen-bond acceptors (Lipinski definition) is 2. The number of hydrogen-bond donors (Lipinski definition) is 1. The third-order valence-electron chi connectivity index (χ3n) is 4.74. The molecule has 1 amide bonds. The Labute approximate surface area is 171 Å². The van der Waals surface area contributed by atoms with Crippen LogP contribution in [-0.4, -0.2) is 10.9 Å². The largest absolute Gasteiger partial charge is 0.416 e. The Morgan fingerprint density at radius 3 is 2.37 bits per heavy atom. The zero-order chi connectivity index (χ0) is 21.1. The molecule has 4 rings (SSSR count). The van der Waals surface area contributed by atoms with Gasteiger partial charge in [-0.2, -0.15) is 13.2 Å². The van der Waals surface area contributed by atoms with Gasteiger partial charge in [-0.25, -0.2) is 4.98 Å². The summed E-state index contributed by atoms with van der Waals surface area (Å²) in [5.74, 6) is -0.372. The van der Waals surface area contributed by atoms with Gasteiger partial charge in [0.2, 0.25) is 0 Å². The summed E-state index contributed by atoms with van der Waals surface area (Å²) >= 11 is 0. The van der Waals surface area contributed by atoms with Crippen LogP contribution in [0.5, 0.6) is 0 Å². The van der Waals surface area contributed by atoms with Crippen LogP contribution in [0.1, 0.15) is 21.5 Å². The minimum atomic E-state index is -4.42. The molecule has 0 spiro atoms. The van der Waals surface area contributed by atoms with E-state index < -0.39 is 11.7 Å². The number of nitrogens with zero attached hydrogens (tertiary/aromatic N) is 1. The molecule has 0 unspecified atom stereocenters. The fourth-order valence-electron chi connectivity index (χ4n) is 3.26. The van der Waals surface area contributed by atoms with Crippen molar-refractivity contribution in [3.63, 3.8) is 0 Å². The van der Waals surface area contributed by atoms with E-state index in [0.29, 0.717) is 27.7 Å². The van der Waals surface area contributed by atoms with Crippen molar-refractivity contribution in [2.24, 2.45) is 0 Å². The molecular weight excluding hydrogens is 389 g/mol. The van der Waals surface area contributed by atoms with E-state index in [-0.39, 0.29) is 12.5 Å². The third kappa shape index (κ3) is 4.17. The monoisotopic (exact) mass is 406 g/mol. The highest BCUT2D eigenvalue weighted by Gasteiger charge is 2.30. The zero-order valence-electron chi connectivity index (χ0n) is 15.8. The van der Waals surface area contributed by atoms with E-state index in [2.05, 4.69) is 10.3 Å². The molecule has 0 saturated carbocycles. The molecule has 1 N–H and O–H groups in total. The lowest BCUT2D eigenvalue weighted by atomic mass is 10.0. The van der Waals surface area contributed by atoms with Gasteiger partial charge in [-0.15, -0.1) is 0 Å². The number of nitrogens with one attached hydrogen (secondary N) is 1. The first kappa shape index (κ1) is 19.6. The van der Waals surface area contributed by atoms with Gasteiger partial charge in [-0.1, -0.05) is 60.7 Å². The Kier molecular flexibility index (Phi) is 5.23. The molecule has 3 aromatic carbocycles. The quantitative estimate of drug-likeness (QED) is 0.462. The fraction of sp³-hybridized carbons (Fsp3) is 0.0833. The number of para-hydroxylation sites is 1. The first-order chi connectivity index (χ1) is 14.4. The smallest absolute Gasteiger partial charge is 0.348 e. The number of carbonyl (C=O) groups excluding carboxylic acids is 1. The molecule has 0 atom stereocenters. The lowest BCUT2D eigenvalue weighted by Gasteiger charge is -2.12. The van der Waals surface area contributed by atoms with Crippen molar-refractivity contribution in [2.45, 2.75) is 12.7 Å². The first-order valence-corrected chi connectivity index (χ1v) is 9.31. The van der Waals surface area contributed by atoms with Gasteiger partial charge in [0, 0.05) is 17.5 Å². The van der Waals surface area contributed by atoms with Crippen LogP contribution in [0.3, 0.4) is 0 Å². The Balaban J connectivity index is 1.65. The fourth-order valence-corrected chi connectivity index (χ4v) is 3.26. The Hall–Kier alpha value is -3.67. The minimum absolute atomic E-state index is 0.0138. The number of rotatable bonds is 4. The van der Waals surface area contributed by atoms with Crippen molar-refractivity contribution >= 4 is 16.8 Å². The standard InChI is InChI=1S/C24H17F3N2O/c25-24(26,27)18-10-6-7-16(13-18)15-28-23(30)20-14-22(17-8-2-1-3-9-17)29-21-12-5-4-11-19(20)21/h1-14H,15H2,(H,28,30). The van der Waals surface area contributed by atoms with Crippen LogP contribution in [0, 0.1) is 0 Å². The summed E-state index contributed by atoms with van der Waals surface area (Å²) in [5.41, 5.74) is 2.25. The van der Waals surface area contributed by atoms with Gasteiger partial charge in [-0.3, -0.25) is 4.79 Å². The van der Waals surface area contributed by atoms with E-state index in [1.54, 1.807) is 18.2 Å². The predicted octanol–water partition coefficient (Wildman–Crippen LogP) is 5.85. The van der Waals surface area contributed by atoms with Crippen LogP contribution in [0.4, 0.5) is 13.2 Å². The van der Waals surface area contributed by atoms with Gasteiger partial charge < -0.3 is 5.32 Å². The Morgan fingerprint density at radius 2 is 1.60 bits per heavy atom. The minimum Gasteiger partial charge on any atom is -0.348 e. The molecule has 0 aliphatic carbocycles. The summed E-state index contributed by atoms with van der Waals surface area (Å²) in [6.07, 6.45) is -4.42. The van der Waals surface area contributed by atoms with E-state index in [0.717, 1.165) is 17.7 Å². The van der Waals surface area contributed by atoms with E-state index in [4.69, 9.17) is 0 Å². The molecule has 4 aromatic rings. The van der Waals surface area contributed by atoms with Gasteiger partial charge in [-0.05, 0) is 29.8 Å². The summed E-state index contributed by atoms with van der Waals surface area (Å²) in [6.45, 7) is -0.0138. The van der Waals surface area contributed by atoms with Gasteiger partial charge in [0.15, 0.2) is 0 Å². The highest BCUT2D eigenvalue weighted by Crippen LogP contribution is 2.29. The summed E-state index contributed by atoms with van der Waals surface area (Å²) in [5, 5.41) is 3.41. The number of aromatic nitrogens is 1. The number of fused-ring (bicyclic) bond motifs is 1. The van der Waals surface area contributed by atoms with Crippen LogP contribution < -0.4 is 5.32 Å². The second-order valence-corrected chi connectivity index (χ2v) is 6.82. The number of carbonyl (C=O) groups is 1. The molecule has 1 aromatic heterocycles. The lowest BCUT2D eigenvalue weighted by Crippen LogP contribution is -2.23. The van der Waals surface area contributed by atoms with Crippen LogP contribution in [0.25, 0.3) is 22.2 Å². The van der Waals surface area contributed by atoms with Crippen molar-refractivity contribution in [3.05, 3.63) is 102 Å². The molecule has 0 radical (unpaired) electrons. The topological polar surface area (TPSA) is 42.0 Å². The average Bonchev–Trinajstić information content (AvgIpc) is 2.77. The van der Waals surface area contributed by atoms with Crippen molar-refractivity contribution in [3.8, 4) is 11.3 Å². The maximum absolute atomic E-state index is 12.9. The molecule has 1 heterocycles. The van der Waals surface area contributed by atoms with Crippen molar-refractivity contribution < 1.29 is 18.0 Å². The highest BCUT2D eigenvalue weighted by molar-refractivity contribution is 6.07. The first-order valence-electron chi connectivity index (χ1n) is 9.31. The number of alkyl halides is 3. The van der Waals surface area contributed by atoms with Gasteiger partial charge in [0.05, 0.1) is 22.3 Å². The van der Waals surface area contributed by atoms with Gasteiger partial charge >= 0.3 is 6.18 Å². The number of halogens is 3. The van der Waals surface area contributed by atoms with Crippen LogP contribution in [-0.2, 0) is 12.7 Å². The molecule has 6 heteroatoms. The summed E-state index contributed by atoms with van der Waals surface area (Å²) in [7, 11) is 0. The Bertz CT molecular complexity index is 1200. The van der Waals surface area contributed by atoms with Crippen LogP contribution >= 0.6 is 0 Å². The lowest BCUT2D eigenvalue weighted by molar-refractivity contribution is -0.137. The molecule has 0 aliphatic heterocycles. The van der Waals surface area contributed by atoms with Gasteiger partial charge in [0.25, 0.3) is 5.91 Å². The zero-order valence-corrected chi connectivity index (χ0v) is 15.8. The average molecular weight is 406 g/mol. The summed E-state index contributed by atoms with van der Waals surface area (Å²) in [6, 6.07) is 23.4. The number of amides is 1. The van der Waals surface area contributed by atoms with E-state index >= 15 is 0 Å². The normalized spacial score (nSPS) is 11.4. The van der Waals surface area contributed by atoms with E-state index in [1.165, 1.54) is 6.07 Å². The molecular formula is C24H17F3N2O. The van der Waals surface area contributed by atoms with Crippen molar-refractivity contribution in [2.75, 3.05) is 0 Å². The second-order valence-electron chi connectivity index (χ2n) is 6.82. The molecule has 0 saturated heterocycles. The molecule has 0 aliphatic rings. The maximum atomic E-state index is 12.9. The van der Waals surface area contributed by atoms with E-state index in [1.807, 2.05) is 48.5 Å². The Morgan fingerprint density at radius 1 is 0.867 bits per heavy atom. The van der Waals surface area contributed by atoms with Crippen LogP contribution in [0.2, 0.25) is 0 Å². The number of pyridine rings is 1. The molecule has 3 nitrogen and oxygen atoms in total. The number of benzene rings is 3. The van der Waals surface area contributed by atoms with Crippen LogP contribution in [0.15, 0.2) is 84.9 Å². The molecule has 30 heavy (non-hydrogen) atoms. The second kappa shape index (κ2) is 7.99. The van der Waals surface area contributed by atoms with Crippen molar-refractivity contribution in [1.29, 1.82) is 0 Å². The van der Waals surface area contributed by atoms with Gasteiger partial charge in [0.1, 0.15) is 0 Å². The summed E-state index contributed by atoms with van der Waals surface area (Å²) in [4.78, 5) is 17.6. The van der Waals surface area contributed by atoms with Crippen molar-refractivity contribution in [1.82, 2.24) is 10.3 Å². The highest BCUT2D eigenvalue weighted by atomic mass is 19.4.